The lowest BCUT2D eigenvalue weighted by atomic mass is 9.99. The van der Waals surface area contributed by atoms with E-state index in [1.807, 2.05) is 11.3 Å². The van der Waals surface area contributed by atoms with Crippen molar-refractivity contribution < 1.29 is 0 Å². The second-order valence-electron chi connectivity index (χ2n) is 2.95. The minimum Gasteiger partial charge on any atom is -0.144 e. The zero-order valence-corrected chi connectivity index (χ0v) is 7.36. The number of hydrogen-bond donors (Lipinski definition) is 0. The molecule has 0 bridgehead atoms. The summed E-state index contributed by atoms with van der Waals surface area (Å²) >= 11 is 1.86. The molecule has 1 heterocycles. The average molecular weight is 164 g/mol. The summed E-state index contributed by atoms with van der Waals surface area (Å²) in [6.45, 7) is 0. The van der Waals surface area contributed by atoms with Crippen molar-refractivity contribution in [2.75, 3.05) is 0 Å². The van der Waals surface area contributed by atoms with Gasteiger partial charge in [-0.1, -0.05) is 12.1 Å². The van der Waals surface area contributed by atoms with E-state index in [4.69, 9.17) is 0 Å². The van der Waals surface area contributed by atoms with Gasteiger partial charge >= 0.3 is 0 Å². The third kappa shape index (κ3) is 1.54. The van der Waals surface area contributed by atoms with E-state index in [0.717, 1.165) is 0 Å². The van der Waals surface area contributed by atoms with Crippen LogP contribution in [0.2, 0.25) is 0 Å². The lowest BCUT2D eigenvalue weighted by molar-refractivity contribution is 0.743. The normalized spacial score (nSPS) is 18.0. The van der Waals surface area contributed by atoms with E-state index in [9.17, 15) is 0 Å². The first-order valence-electron chi connectivity index (χ1n) is 4.20. The highest BCUT2D eigenvalue weighted by molar-refractivity contribution is 7.11. The van der Waals surface area contributed by atoms with Gasteiger partial charge in [-0.2, -0.15) is 0 Å². The van der Waals surface area contributed by atoms with Crippen molar-refractivity contribution >= 4 is 16.9 Å². The maximum absolute atomic E-state index is 2.40. The third-order valence-corrected chi connectivity index (χ3v) is 3.07. The molecule has 1 aromatic heterocycles. The summed E-state index contributed by atoms with van der Waals surface area (Å²) in [4.78, 5) is 1.48. The van der Waals surface area contributed by atoms with Crippen molar-refractivity contribution in [1.29, 1.82) is 0 Å². The van der Waals surface area contributed by atoms with Crippen LogP contribution in [0.4, 0.5) is 0 Å². The largest absolute Gasteiger partial charge is 0.144 e. The van der Waals surface area contributed by atoms with Crippen LogP contribution in [-0.2, 0) is 0 Å². The first-order valence-corrected chi connectivity index (χ1v) is 5.08. The molecule has 1 heteroatoms. The molecule has 0 nitrogen and oxygen atoms in total. The minimum absolute atomic E-state index is 1.28. The van der Waals surface area contributed by atoms with Crippen molar-refractivity contribution in [1.82, 2.24) is 0 Å². The van der Waals surface area contributed by atoms with Gasteiger partial charge in [0.2, 0.25) is 0 Å². The summed E-state index contributed by atoms with van der Waals surface area (Å²) < 4.78 is 0. The van der Waals surface area contributed by atoms with Gasteiger partial charge in [-0.25, -0.2) is 0 Å². The number of thiophene rings is 1. The highest BCUT2D eigenvalue weighted by Gasteiger charge is 2.05. The molecule has 1 aromatic rings. The molecule has 0 saturated carbocycles. The van der Waals surface area contributed by atoms with E-state index in [2.05, 4.69) is 23.6 Å². The Hall–Kier alpha value is -0.560. The van der Waals surface area contributed by atoms with Crippen LogP contribution in [0.5, 0.6) is 0 Å². The summed E-state index contributed by atoms with van der Waals surface area (Å²) in [5, 5.41) is 2.16. The summed E-state index contributed by atoms with van der Waals surface area (Å²) in [5.74, 6) is 0. The van der Waals surface area contributed by atoms with Crippen LogP contribution in [-0.4, -0.2) is 0 Å². The Balaban J connectivity index is 2.22. The zero-order chi connectivity index (χ0) is 7.52. The van der Waals surface area contributed by atoms with Crippen molar-refractivity contribution in [2.45, 2.75) is 25.7 Å². The van der Waals surface area contributed by atoms with Gasteiger partial charge in [-0.05, 0) is 42.7 Å². The fourth-order valence-electron chi connectivity index (χ4n) is 1.52. The monoisotopic (exact) mass is 164 g/mol. The van der Waals surface area contributed by atoms with Gasteiger partial charge in [0.05, 0.1) is 0 Å². The molecule has 0 aliphatic heterocycles. The van der Waals surface area contributed by atoms with Gasteiger partial charge < -0.3 is 0 Å². The van der Waals surface area contributed by atoms with Crippen molar-refractivity contribution in [3.8, 4) is 0 Å². The molecule has 1 aliphatic carbocycles. The standard InChI is InChI=1S/C10H12S/c1-2-5-9(6-3-1)10-7-4-8-11-10/h4-5,7-8H,1-3,6H2. The van der Waals surface area contributed by atoms with Crippen molar-refractivity contribution in [2.24, 2.45) is 0 Å². The average Bonchev–Trinajstić information content (AvgIpc) is 2.58. The van der Waals surface area contributed by atoms with Gasteiger partial charge in [-0.3, -0.25) is 0 Å². The number of hydrogen-bond acceptors (Lipinski definition) is 1. The van der Waals surface area contributed by atoms with E-state index in [-0.39, 0.29) is 0 Å². The van der Waals surface area contributed by atoms with E-state index in [1.165, 1.54) is 30.6 Å². The maximum Gasteiger partial charge on any atom is 0.0299 e. The molecule has 0 spiro atoms. The molecule has 58 valence electrons. The van der Waals surface area contributed by atoms with Crippen LogP contribution in [0.15, 0.2) is 23.6 Å². The number of rotatable bonds is 1. The van der Waals surface area contributed by atoms with E-state index in [1.54, 1.807) is 5.57 Å². The topological polar surface area (TPSA) is 0 Å². The summed E-state index contributed by atoms with van der Waals surface area (Å²) in [6, 6.07) is 4.36. The first-order chi connectivity index (χ1) is 5.47. The Morgan fingerprint density at radius 1 is 1.27 bits per heavy atom. The van der Waals surface area contributed by atoms with Crippen LogP contribution in [0.25, 0.3) is 5.57 Å². The molecule has 0 saturated heterocycles. The molecule has 2 rings (SSSR count). The van der Waals surface area contributed by atoms with Gasteiger partial charge in [0.1, 0.15) is 0 Å². The smallest absolute Gasteiger partial charge is 0.0299 e. The predicted molar refractivity (Wildman–Crippen MR) is 50.8 cm³/mol. The summed E-state index contributed by atoms with van der Waals surface area (Å²) in [6.07, 6.45) is 7.74. The fraction of sp³-hybridized carbons (Fsp3) is 0.400. The van der Waals surface area contributed by atoms with Crippen LogP contribution < -0.4 is 0 Å². The van der Waals surface area contributed by atoms with Crippen molar-refractivity contribution in [3.63, 3.8) is 0 Å². The molecule has 0 atom stereocenters. The molecule has 1 aliphatic rings. The lowest BCUT2D eigenvalue weighted by Crippen LogP contribution is -1.88. The highest BCUT2D eigenvalue weighted by Crippen LogP contribution is 2.29. The minimum atomic E-state index is 1.28. The number of allylic oxidation sites excluding steroid dienone is 2. The zero-order valence-electron chi connectivity index (χ0n) is 6.55. The first kappa shape index (κ1) is 7.11. The molecule has 0 unspecified atom stereocenters. The maximum atomic E-state index is 2.40. The molecular weight excluding hydrogens is 152 g/mol. The van der Waals surface area contributed by atoms with Gasteiger partial charge in [0, 0.05) is 4.88 Å². The van der Waals surface area contributed by atoms with Gasteiger partial charge in [-0.15, -0.1) is 11.3 Å². The van der Waals surface area contributed by atoms with E-state index < -0.39 is 0 Å². The Morgan fingerprint density at radius 3 is 2.91 bits per heavy atom. The summed E-state index contributed by atoms with van der Waals surface area (Å²) in [5.41, 5.74) is 1.58. The Kier molecular flexibility index (Phi) is 2.08. The summed E-state index contributed by atoms with van der Waals surface area (Å²) in [7, 11) is 0. The Morgan fingerprint density at radius 2 is 2.27 bits per heavy atom. The molecule has 0 fully saturated rings. The molecule has 0 radical (unpaired) electrons. The quantitative estimate of drug-likeness (QED) is 0.593. The van der Waals surface area contributed by atoms with Gasteiger partial charge in [0.25, 0.3) is 0 Å². The van der Waals surface area contributed by atoms with E-state index >= 15 is 0 Å². The Labute approximate surface area is 71.6 Å². The molecular formula is C10H12S. The predicted octanol–water partition coefficient (Wildman–Crippen LogP) is 3.71. The molecule has 0 aromatic carbocycles. The van der Waals surface area contributed by atoms with Crippen LogP contribution >= 0.6 is 11.3 Å². The highest BCUT2D eigenvalue weighted by atomic mass is 32.1. The molecule has 0 N–H and O–H groups in total. The second kappa shape index (κ2) is 3.22. The molecule has 0 amide bonds. The van der Waals surface area contributed by atoms with Crippen LogP contribution in [0.1, 0.15) is 30.6 Å². The van der Waals surface area contributed by atoms with Crippen LogP contribution in [0.3, 0.4) is 0 Å². The third-order valence-electron chi connectivity index (χ3n) is 2.13. The lowest BCUT2D eigenvalue weighted by Gasteiger charge is -2.09. The van der Waals surface area contributed by atoms with Gasteiger partial charge in [0.15, 0.2) is 0 Å². The molecule has 11 heavy (non-hydrogen) atoms. The fourth-order valence-corrected chi connectivity index (χ4v) is 2.32. The Bertz CT molecular complexity index is 244. The second-order valence-corrected chi connectivity index (χ2v) is 3.90. The van der Waals surface area contributed by atoms with E-state index in [0.29, 0.717) is 0 Å². The van der Waals surface area contributed by atoms with Crippen LogP contribution in [0, 0.1) is 0 Å². The van der Waals surface area contributed by atoms with Crippen molar-refractivity contribution in [3.05, 3.63) is 28.5 Å². The SMILES string of the molecule is C1=C(c2cccs2)CCCC1.